The highest BCUT2D eigenvalue weighted by Crippen LogP contribution is 2.17. The summed E-state index contributed by atoms with van der Waals surface area (Å²) in [5.74, 6) is 1.11. The van der Waals surface area contributed by atoms with Crippen molar-refractivity contribution in [3.05, 3.63) is 69.4 Å². The zero-order chi connectivity index (χ0) is 18.9. The number of nitrogens with zero attached hydrogens (tertiary/aromatic N) is 2. The van der Waals surface area contributed by atoms with Crippen molar-refractivity contribution >= 4 is 33.7 Å². The van der Waals surface area contributed by atoms with Gasteiger partial charge in [0.05, 0.1) is 11.6 Å². The molecular formula is C19H19BrFN3OS. The van der Waals surface area contributed by atoms with Gasteiger partial charge >= 0.3 is 6.03 Å². The van der Waals surface area contributed by atoms with Gasteiger partial charge in [-0.25, -0.2) is 9.18 Å². The van der Waals surface area contributed by atoms with Crippen LogP contribution >= 0.6 is 27.7 Å². The van der Waals surface area contributed by atoms with E-state index in [9.17, 15) is 9.18 Å². The monoisotopic (exact) mass is 435 g/mol. The quantitative estimate of drug-likeness (QED) is 0.649. The first-order valence-corrected chi connectivity index (χ1v) is 9.94. The van der Waals surface area contributed by atoms with Crippen molar-refractivity contribution in [2.24, 2.45) is 0 Å². The molecule has 7 heteroatoms. The fraction of sp³-hybridized carbons (Fsp3) is 0.263. The number of thioether (sulfide) groups is 1. The maximum Gasteiger partial charge on any atom is 0.317 e. The number of hydrogen-bond acceptors (Lipinski definition) is 3. The molecule has 2 rings (SSSR count). The first-order valence-electron chi connectivity index (χ1n) is 8.00. The van der Waals surface area contributed by atoms with E-state index in [2.05, 4.69) is 27.3 Å². The lowest BCUT2D eigenvalue weighted by atomic mass is 10.1. The molecule has 2 amide bonds. The van der Waals surface area contributed by atoms with Crippen molar-refractivity contribution in [2.75, 3.05) is 19.3 Å². The van der Waals surface area contributed by atoms with Gasteiger partial charge in [-0.05, 0) is 29.8 Å². The van der Waals surface area contributed by atoms with Gasteiger partial charge in [0.1, 0.15) is 5.82 Å². The fourth-order valence-corrected chi connectivity index (χ4v) is 3.57. The summed E-state index contributed by atoms with van der Waals surface area (Å²) in [4.78, 5) is 13.6. The third-order valence-corrected chi connectivity index (χ3v) is 5.18. The maximum absolute atomic E-state index is 13.8. The zero-order valence-electron chi connectivity index (χ0n) is 14.3. The van der Waals surface area contributed by atoms with Crippen LogP contribution in [0.15, 0.2) is 46.9 Å². The van der Waals surface area contributed by atoms with Gasteiger partial charge < -0.3 is 10.2 Å². The van der Waals surface area contributed by atoms with E-state index < -0.39 is 0 Å². The highest BCUT2D eigenvalue weighted by molar-refractivity contribution is 9.10. The Bertz CT molecular complexity index is 810. The molecule has 0 saturated carbocycles. The van der Waals surface area contributed by atoms with Crippen LogP contribution in [0.1, 0.15) is 16.7 Å². The van der Waals surface area contributed by atoms with E-state index in [4.69, 9.17) is 5.26 Å². The largest absolute Gasteiger partial charge is 0.337 e. The summed E-state index contributed by atoms with van der Waals surface area (Å²) in [5.41, 5.74) is 2.13. The lowest BCUT2D eigenvalue weighted by molar-refractivity contribution is 0.207. The Morgan fingerprint density at radius 2 is 2.08 bits per heavy atom. The lowest BCUT2D eigenvalue weighted by Crippen LogP contribution is -2.38. The second-order valence-corrected chi connectivity index (χ2v) is 7.67. The van der Waals surface area contributed by atoms with Gasteiger partial charge in [-0.1, -0.05) is 34.1 Å². The second-order valence-electron chi connectivity index (χ2n) is 5.65. The molecule has 2 aromatic rings. The smallest absolute Gasteiger partial charge is 0.317 e. The summed E-state index contributed by atoms with van der Waals surface area (Å²) in [6.45, 7) is 0.698. The van der Waals surface area contributed by atoms with Crippen LogP contribution in [0.2, 0.25) is 0 Å². The molecule has 0 aliphatic heterocycles. The van der Waals surface area contributed by atoms with Gasteiger partial charge in [-0.15, -0.1) is 0 Å². The molecule has 0 fully saturated rings. The summed E-state index contributed by atoms with van der Waals surface area (Å²) < 4.78 is 14.5. The average Bonchev–Trinajstić information content (AvgIpc) is 2.64. The molecule has 26 heavy (non-hydrogen) atoms. The van der Waals surface area contributed by atoms with Crippen LogP contribution in [0.5, 0.6) is 0 Å². The van der Waals surface area contributed by atoms with Crippen molar-refractivity contribution in [3.63, 3.8) is 0 Å². The topological polar surface area (TPSA) is 56.1 Å². The third-order valence-electron chi connectivity index (χ3n) is 3.68. The Kier molecular flexibility index (Phi) is 7.95. The number of carbonyl (C=O) groups excluding carboxylic acids is 1. The molecule has 0 unspecified atom stereocenters. The van der Waals surface area contributed by atoms with Crippen LogP contribution in [0.3, 0.4) is 0 Å². The Hall–Kier alpha value is -2.04. The lowest BCUT2D eigenvalue weighted by Gasteiger charge is -2.18. The fourth-order valence-electron chi connectivity index (χ4n) is 2.29. The standard InChI is InChI=1S/C19H19BrFN3OS/c1-24(12-16-10-17(20)6-7-18(16)21)19(25)23-8-9-26-13-15-5-3-2-4-14(15)11-22/h2-7,10H,8-9,12-13H2,1H3,(H,23,25). The maximum atomic E-state index is 13.8. The van der Waals surface area contributed by atoms with Crippen molar-refractivity contribution in [3.8, 4) is 6.07 Å². The molecule has 0 bridgehead atoms. The number of hydrogen-bond donors (Lipinski definition) is 1. The number of benzene rings is 2. The van der Waals surface area contributed by atoms with Crippen LogP contribution in [0.25, 0.3) is 0 Å². The van der Waals surface area contributed by atoms with Gasteiger partial charge in [-0.2, -0.15) is 17.0 Å². The van der Waals surface area contributed by atoms with Crippen molar-refractivity contribution in [1.82, 2.24) is 10.2 Å². The number of rotatable bonds is 7. The number of amides is 2. The van der Waals surface area contributed by atoms with Crippen molar-refractivity contribution < 1.29 is 9.18 Å². The van der Waals surface area contributed by atoms with E-state index in [0.717, 1.165) is 21.5 Å². The Labute approximate surface area is 165 Å². The Balaban J connectivity index is 1.73. The summed E-state index contributed by atoms with van der Waals surface area (Å²) >= 11 is 4.95. The second kappa shape index (κ2) is 10.2. The molecular weight excluding hydrogens is 417 g/mol. The molecule has 136 valence electrons. The predicted octanol–water partition coefficient (Wildman–Crippen LogP) is 4.53. The molecule has 0 aliphatic rings. The average molecular weight is 436 g/mol. The van der Waals surface area contributed by atoms with E-state index in [1.165, 1.54) is 11.0 Å². The van der Waals surface area contributed by atoms with Gasteiger partial charge in [0.15, 0.2) is 0 Å². The SMILES string of the molecule is CN(Cc1cc(Br)ccc1F)C(=O)NCCSCc1ccccc1C#N. The molecule has 0 spiro atoms. The zero-order valence-corrected chi connectivity index (χ0v) is 16.7. The summed E-state index contributed by atoms with van der Waals surface area (Å²) in [5, 5.41) is 11.9. The van der Waals surface area contributed by atoms with Crippen LogP contribution in [-0.2, 0) is 12.3 Å². The van der Waals surface area contributed by atoms with E-state index in [0.29, 0.717) is 17.7 Å². The van der Waals surface area contributed by atoms with E-state index in [1.54, 1.807) is 37.0 Å². The Morgan fingerprint density at radius 3 is 2.85 bits per heavy atom. The molecule has 4 nitrogen and oxygen atoms in total. The van der Waals surface area contributed by atoms with Crippen molar-refractivity contribution in [1.29, 1.82) is 5.26 Å². The molecule has 0 aliphatic carbocycles. The highest BCUT2D eigenvalue weighted by Gasteiger charge is 2.11. The van der Waals surface area contributed by atoms with Crippen LogP contribution in [-0.4, -0.2) is 30.3 Å². The van der Waals surface area contributed by atoms with Crippen LogP contribution < -0.4 is 5.32 Å². The predicted molar refractivity (Wildman–Crippen MR) is 106 cm³/mol. The van der Waals surface area contributed by atoms with Gasteiger partial charge in [0, 0.05) is 41.7 Å². The number of nitrogens with one attached hydrogen (secondary N) is 1. The van der Waals surface area contributed by atoms with Gasteiger partial charge in [0.2, 0.25) is 0 Å². The normalized spacial score (nSPS) is 10.2. The Morgan fingerprint density at radius 1 is 1.31 bits per heavy atom. The highest BCUT2D eigenvalue weighted by atomic mass is 79.9. The third kappa shape index (κ3) is 6.04. The first-order chi connectivity index (χ1) is 12.5. The van der Waals surface area contributed by atoms with Crippen molar-refractivity contribution in [2.45, 2.75) is 12.3 Å². The first kappa shape index (κ1) is 20.3. The summed E-state index contributed by atoms with van der Waals surface area (Å²) in [6.07, 6.45) is 0. The summed E-state index contributed by atoms with van der Waals surface area (Å²) in [6, 6.07) is 14.1. The molecule has 0 aromatic heterocycles. The molecule has 0 radical (unpaired) electrons. The van der Waals surface area contributed by atoms with Gasteiger partial charge in [-0.3, -0.25) is 0 Å². The van der Waals surface area contributed by atoms with Crippen LogP contribution in [0, 0.1) is 17.1 Å². The number of nitriles is 1. The molecule has 0 saturated heterocycles. The molecule has 1 N–H and O–H groups in total. The van der Waals surface area contributed by atoms with E-state index in [1.807, 2.05) is 18.2 Å². The van der Waals surface area contributed by atoms with E-state index in [-0.39, 0.29) is 18.4 Å². The summed E-state index contributed by atoms with van der Waals surface area (Å²) in [7, 11) is 1.63. The number of carbonyl (C=O) groups is 1. The number of halogens is 2. The molecule has 0 heterocycles. The number of urea groups is 1. The van der Waals surface area contributed by atoms with E-state index >= 15 is 0 Å². The minimum atomic E-state index is -0.334. The molecule has 0 atom stereocenters. The van der Waals surface area contributed by atoms with Gasteiger partial charge in [0.25, 0.3) is 0 Å². The van der Waals surface area contributed by atoms with Crippen LogP contribution in [0.4, 0.5) is 9.18 Å². The molecule has 2 aromatic carbocycles. The minimum Gasteiger partial charge on any atom is -0.337 e. The minimum absolute atomic E-state index is 0.194.